The Morgan fingerprint density at radius 1 is 1.25 bits per heavy atom. The van der Waals surface area contributed by atoms with Gasteiger partial charge in [0.15, 0.2) is 0 Å². The lowest BCUT2D eigenvalue weighted by atomic mass is 9.79. The van der Waals surface area contributed by atoms with Crippen LogP contribution in [-0.2, 0) is 14.3 Å². The molecule has 3 heteroatoms. The summed E-state index contributed by atoms with van der Waals surface area (Å²) < 4.78 is 11.0. The molecular weight excluding hydrogens is 252 g/mol. The molecule has 1 unspecified atom stereocenters. The van der Waals surface area contributed by atoms with Crippen LogP contribution < -0.4 is 0 Å². The second-order valence-corrected chi connectivity index (χ2v) is 8.53. The Kier molecular flexibility index (Phi) is 4.21. The lowest BCUT2D eigenvalue weighted by Crippen LogP contribution is -2.31. The maximum absolute atomic E-state index is 12.6. The first-order valence-electron chi connectivity index (χ1n) is 7.91. The second-order valence-electron chi connectivity index (χ2n) is 8.53. The number of esters is 1. The Balaban J connectivity index is 1.92. The van der Waals surface area contributed by atoms with Crippen LogP contribution >= 0.6 is 0 Å². The fraction of sp³-hybridized carbons (Fsp3) is 0.941. The zero-order valence-corrected chi connectivity index (χ0v) is 13.8. The highest BCUT2D eigenvalue weighted by molar-refractivity contribution is 5.81. The lowest BCUT2D eigenvalue weighted by molar-refractivity contribution is -0.155. The molecule has 2 aliphatic rings. The molecule has 0 amide bonds. The maximum Gasteiger partial charge on any atom is 0.312 e. The fourth-order valence-corrected chi connectivity index (χ4v) is 3.58. The first kappa shape index (κ1) is 15.8. The van der Waals surface area contributed by atoms with Gasteiger partial charge in [-0.1, -0.05) is 34.6 Å². The monoisotopic (exact) mass is 282 g/mol. The Morgan fingerprint density at radius 3 is 2.25 bits per heavy atom. The van der Waals surface area contributed by atoms with Gasteiger partial charge in [-0.25, -0.2) is 0 Å². The Labute approximate surface area is 123 Å². The van der Waals surface area contributed by atoms with E-state index in [0.717, 1.165) is 38.9 Å². The zero-order valence-electron chi connectivity index (χ0n) is 13.8. The smallest absolute Gasteiger partial charge is 0.312 e. The van der Waals surface area contributed by atoms with E-state index in [4.69, 9.17) is 9.47 Å². The molecule has 1 atom stereocenters. The molecule has 3 nitrogen and oxygen atoms in total. The number of ether oxygens (including phenoxy) is 2. The van der Waals surface area contributed by atoms with Crippen molar-refractivity contribution >= 4 is 5.97 Å². The third-order valence-corrected chi connectivity index (χ3v) is 4.93. The quantitative estimate of drug-likeness (QED) is 0.736. The summed E-state index contributed by atoms with van der Waals surface area (Å²) in [5.74, 6) is 0.519. The standard InChI is InChI=1S/C17H30O3/c1-15(2,3)11-17(12-16(17,4)5)14(18)20-10-13-6-8-19-9-7-13/h13H,6-12H2,1-5H3. The molecule has 0 N–H and O–H groups in total. The Hall–Kier alpha value is -0.570. The van der Waals surface area contributed by atoms with Crippen LogP contribution in [0.4, 0.5) is 0 Å². The summed E-state index contributed by atoms with van der Waals surface area (Å²) in [5.41, 5.74) is -0.00504. The highest BCUT2D eigenvalue weighted by Crippen LogP contribution is 2.68. The second kappa shape index (κ2) is 5.32. The first-order valence-corrected chi connectivity index (χ1v) is 7.91. The molecule has 1 saturated carbocycles. The summed E-state index contributed by atoms with van der Waals surface area (Å²) in [6.07, 6.45) is 3.91. The van der Waals surface area contributed by atoms with E-state index in [-0.39, 0.29) is 22.2 Å². The molecule has 0 aromatic heterocycles. The zero-order chi connectivity index (χ0) is 15.0. The highest BCUT2D eigenvalue weighted by Gasteiger charge is 2.67. The van der Waals surface area contributed by atoms with Crippen LogP contribution in [0.1, 0.15) is 60.3 Å². The molecule has 116 valence electrons. The van der Waals surface area contributed by atoms with Gasteiger partial charge in [-0.2, -0.15) is 0 Å². The van der Waals surface area contributed by atoms with Crippen molar-refractivity contribution in [3.05, 3.63) is 0 Å². The molecule has 0 aromatic carbocycles. The predicted octanol–water partition coefficient (Wildman–Crippen LogP) is 3.81. The van der Waals surface area contributed by atoms with Gasteiger partial charge in [-0.3, -0.25) is 4.79 Å². The molecule has 20 heavy (non-hydrogen) atoms. The van der Waals surface area contributed by atoms with Crippen molar-refractivity contribution in [2.24, 2.45) is 22.2 Å². The molecule has 2 fully saturated rings. The third kappa shape index (κ3) is 3.36. The van der Waals surface area contributed by atoms with Crippen molar-refractivity contribution in [1.29, 1.82) is 0 Å². The Bertz CT molecular complexity index is 361. The topological polar surface area (TPSA) is 35.5 Å². The number of hydrogen-bond acceptors (Lipinski definition) is 3. The molecule has 1 heterocycles. The minimum atomic E-state index is -0.254. The SMILES string of the molecule is CC(C)(C)CC1(C(=O)OCC2CCOCC2)CC1(C)C. The molecule has 0 bridgehead atoms. The van der Waals surface area contributed by atoms with E-state index in [1.165, 1.54) is 0 Å². The van der Waals surface area contributed by atoms with E-state index in [9.17, 15) is 4.79 Å². The van der Waals surface area contributed by atoms with E-state index in [2.05, 4.69) is 34.6 Å². The predicted molar refractivity (Wildman–Crippen MR) is 79.4 cm³/mol. The molecule has 1 aliphatic heterocycles. The molecule has 0 aromatic rings. The molecule has 0 spiro atoms. The van der Waals surface area contributed by atoms with Crippen LogP contribution in [0, 0.1) is 22.2 Å². The molecule has 0 radical (unpaired) electrons. The van der Waals surface area contributed by atoms with Crippen LogP contribution in [0.3, 0.4) is 0 Å². The number of carbonyl (C=O) groups excluding carboxylic acids is 1. The van der Waals surface area contributed by atoms with Crippen LogP contribution in [0.25, 0.3) is 0 Å². The van der Waals surface area contributed by atoms with Gasteiger partial charge < -0.3 is 9.47 Å². The summed E-state index contributed by atoms with van der Waals surface area (Å²) >= 11 is 0. The normalized spacial score (nSPS) is 30.1. The van der Waals surface area contributed by atoms with E-state index < -0.39 is 0 Å². The van der Waals surface area contributed by atoms with Crippen LogP contribution in [0.5, 0.6) is 0 Å². The van der Waals surface area contributed by atoms with Gasteiger partial charge >= 0.3 is 5.97 Å². The summed E-state index contributed by atoms with van der Waals surface area (Å²) in [6.45, 7) is 13.2. The minimum Gasteiger partial charge on any atom is -0.465 e. The van der Waals surface area contributed by atoms with Crippen molar-refractivity contribution < 1.29 is 14.3 Å². The fourth-order valence-electron chi connectivity index (χ4n) is 3.58. The van der Waals surface area contributed by atoms with Crippen molar-refractivity contribution in [1.82, 2.24) is 0 Å². The summed E-state index contributed by atoms with van der Waals surface area (Å²) in [5, 5.41) is 0. The van der Waals surface area contributed by atoms with Gasteiger partial charge in [-0.15, -0.1) is 0 Å². The van der Waals surface area contributed by atoms with Gasteiger partial charge in [-0.05, 0) is 42.4 Å². The Morgan fingerprint density at radius 2 is 1.80 bits per heavy atom. The van der Waals surface area contributed by atoms with Crippen molar-refractivity contribution in [3.63, 3.8) is 0 Å². The largest absolute Gasteiger partial charge is 0.465 e. The molecule has 2 rings (SSSR count). The first-order chi connectivity index (χ1) is 9.16. The minimum absolute atomic E-state index is 0.0314. The third-order valence-electron chi connectivity index (χ3n) is 4.93. The van der Waals surface area contributed by atoms with Gasteiger partial charge in [0.2, 0.25) is 0 Å². The summed E-state index contributed by atoms with van der Waals surface area (Å²) in [7, 11) is 0. The van der Waals surface area contributed by atoms with E-state index >= 15 is 0 Å². The van der Waals surface area contributed by atoms with Crippen LogP contribution in [0.15, 0.2) is 0 Å². The van der Waals surface area contributed by atoms with E-state index in [0.29, 0.717) is 12.5 Å². The number of rotatable bonds is 4. The van der Waals surface area contributed by atoms with E-state index in [1.807, 2.05) is 0 Å². The van der Waals surface area contributed by atoms with Crippen molar-refractivity contribution in [2.45, 2.75) is 60.3 Å². The van der Waals surface area contributed by atoms with Crippen LogP contribution in [0.2, 0.25) is 0 Å². The molecular formula is C17H30O3. The summed E-state index contributed by atoms with van der Waals surface area (Å²) in [6, 6.07) is 0. The average Bonchev–Trinajstić information content (AvgIpc) is 2.88. The van der Waals surface area contributed by atoms with Crippen molar-refractivity contribution in [3.8, 4) is 0 Å². The average molecular weight is 282 g/mol. The van der Waals surface area contributed by atoms with Gasteiger partial charge in [0.1, 0.15) is 0 Å². The molecule has 1 aliphatic carbocycles. The maximum atomic E-state index is 12.6. The summed E-state index contributed by atoms with van der Waals surface area (Å²) in [4.78, 5) is 12.6. The van der Waals surface area contributed by atoms with E-state index in [1.54, 1.807) is 0 Å². The highest BCUT2D eigenvalue weighted by atomic mass is 16.5. The lowest BCUT2D eigenvalue weighted by Gasteiger charge is -2.28. The molecule has 1 saturated heterocycles. The number of carbonyl (C=O) groups is 1. The van der Waals surface area contributed by atoms with Gasteiger partial charge in [0.05, 0.1) is 12.0 Å². The van der Waals surface area contributed by atoms with Gasteiger partial charge in [0, 0.05) is 13.2 Å². The number of hydrogen-bond donors (Lipinski definition) is 0. The van der Waals surface area contributed by atoms with Crippen molar-refractivity contribution in [2.75, 3.05) is 19.8 Å². The van der Waals surface area contributed by atoms with Gasteiger partial charge in [0.25, 0.3) is 0 Å². The van der Waals surface area contributed by atoms with Crippen LogP contribution in [-0.4, -0.2) is 25.8 Å².